The number of nitrogens with two attached hydrogens (primary N) is 1. The second-order valence-corrected chi connectivity index (χ2v) is 3.70. The predicted molar refractivity (Wildman–Crippen MR) is 55.4 cm³/mol. The van der Waals surface area contributed by atoms with Gasteiger partial charge in [-0.25, -0.2) is 0 Å². The summed E-state index contributed by atoms with van der Waals surface area (Å²) in [6.07, 6.45) is 4.67. The van der Waals surface area contributed by atoms with Gasteiger partial charge in [-0.15, -0.1) is 0 Å². The number of hydrogen-bond acceptors (Lipinski definition) is 3. The third-order valence-electron chi connectivity index (χ3n) is 2.60. The van der Waals surface area contributed by atoms with Gasteiger partial charge < -0.3 is 10.5 Å². The molecule has 0 saturated carbocycles. The van der Waals surface area contributed by atoms with Crippen molar-refractivity contribution in [2.45, 2.75) is 25.4 Å². The van der Waals surface area contributed by atoms with Crippen LogP contribution >= 0.6 is 0 Å². The summed E-state index contributed by atoms with van der Waals surface area (Å²) in [5.74, 6) is -0.420. The summed E-state index contributed by atoms with van der Waals surface area (Å²) in [6, 6.07) is 3.43. The number of rotatable bonds is 3. The van der Waals surface area contributed by atoms with Crippen LogP contribution in [0.2, 0.25) is 0 Å². The fraction of sp³-hybridized carbons (Fsp3) is 0.455. The first-order valence-corrected chi connectivity index (χ1v) is 5.12. The molecule has 1 unspecified atom stereocenters. The molecule has 0 radical (unpaired) electrons. The molecule has 15 heavy (non-hydrogen) atoms. The van der Waals surface area contributed by atoms with Crippen LogP contribution in [0.15, 0.2) is 18.3 Å². The van der Waals surface area contributed by atoms with Crippen molar-refractivity contribution in [3.8, 4) is 0 Å². The van der Waals surface area contributed by atoms with Crippen molar-refractivity contribution in [2.75, 3.05) is 6.61 Å². The first-order chi connectivity index (χ1) is 7.27. The van der Waals surface area contributed by atoms with Gasteiger partial charge in [0, 0.05) is 19.2 Å². The fourth-order valence-corrected chi connectivity index (χ4v) is 1.85. The zero-order valence-electron chi connectivity index (χ0n) is 8.48. The van der Waals surface area contributed by atoms with Gasteiger partial charge in [0.15, 0.2) is 0 Å². The monoisotopic (exact) mass is 206 g/mol. The number of ether oxygens (including phenoxy) is 1. The molecule has 0 aromatic carbocycles. The van der Waals surface area contributed by atoms with Crippen LogP contribution in [0.5, 0.6) is 0 Å². The number of carbonyl (C=O) groups is 1. The van der Waals surface area contributed by atoms with E-state index in [1.54, 1.807) is 18.3 Å². The normalized spacial score (nSPS) is 20.4. The summed E-state index contributed by atoms with van der Waals surface area (Å²) in [7, 11) is 0. The van der Waals surface area contributed by atoms with E-state index in [1.807, 2.05) is 0 Å². The molecule has 1 amide bonds. The van der Waals surface area contributed by atoms with Crippen LogP contribution in [-0.4, -0.2) is 23.6 Å². The molecule has 1 aliphatic heterocycles. The first-order valence-electron chi connectivity index (χ1n) is 5.12. The number of primary amides is 1. The zero-order valence-corrected chi connectivity index (χ0v) is 8.48. The van der Waals surface area contributed by atoms with Gasteiger partial charge >= 0.3 is 0 Å². The van der Waals surface area contributed by atoms with Gasteiger partial charge in [-0.1, -0.05) is 0 Å². The Bertz CT molecular complexity index is 359. The Balaban J connectivity index is 2.15. The summed E-state index contributed by atoms with van der Waals surface area (Å²) < 4.78 is 5.50. The standard InChI is InChI=1S/C11H14N2O2/c12-11(14)9-4-1-5-13-10(9)7-8-3-2-6-15-8/h1,4-5,8H,2-3,6-7H2,(H2,12,14). The Hall–Kier alpha value is -1.42. The van der Waals surface area contributed by atoms with E-state index in [4.69, 9.17) is 10.5 Å². The van der Waals surface area contributed by atoms with Crippen molar-refractivity contribution in [3.63, 3.8) is 0 Å². The van der Waals surface area contributed by atoms with E-state index in [1.165, 1.54) is 0 Å². The lowest BCUT2D eigenvalue weighted by molar-refractivity contribution is 0.0991. The van der Waals surface area contributed by atoms with Crippen LogP contribution in [-0.2, 0) is 11.2 Å². The average Bonchev–Trinajstić information content (AvgIpc) is 2.71. The maximum Gasteiger partial charge on any atom is 0.250 e. The van der Waals surface area contributed by atoms with Crippen LogP contribution in [0.4, 0.5) is 0 Å². The molecule has 2 rings (SSSR count). The second kappa shape index (κ2) is 4.40. The number of aromatic nitrogens is 1. The van der Waals surface area contributed by atoms with Gasteiger partial charge in [-0.05, 0) is 25.0 Å². The van der Waals surface area contributed by atoms with E-state index in [-0.39, 0.29) is 6.10 Å². The van der Waals surface area contributed by atoms with Crippen molar-refractivity contribution in [1.82, 2.24) is 4.98 Å². The van der Waals surface area contributed by atoms with Crippen LogP contribution in [0, 0.1) is 0 Å². The molecule has 0 bridgehead atoms. The summed E-state index contributed by atoms with van der Waals surface area (Å²) in [5.41, 5.74) is 6.52. The molecule has 1 aromatic heterocycles. The molecule has 4 nitrogen and oxygen atoms in total. The summed E-state index contributed by atoms with van der Waals surface area (Å²) in [6.45, 7) is 0.809. The smallest absolute Gasteiger partial charge is 0.250 e. The largest absolute Gasteiger partial charge is 0.378 e. The summed E-state index contributed by atoms with van der Waals surface area (Å²) >= 11 is 0. The van der Waals surface area contributed by atoms with Crippen molar-refractivity contribution < 1.29 is 9.53 Å². The Labute approximate surface area is 88.4 Å². The Morgan fingerprint density at radius 3 is 3.20 bits per heavy atom. The highest BCUT2D eigenvalue weighted by Crippen LogP contribution is 2.17. The summed E-state index contributed by atoms with van der Waals surface area (Å²) in [5, 5.41) is 0. The maximum absolute atomic E-state index is 11.1. The van der Waals surface area contributed by atoms with Gasteiger partial charge in [-0.2, -0.15) is 0 Å². The highest BCUT2D eigenvalue weighted by molar-refractivity contribution is 5.93. The number of nitrogens with zero attached hydrogens (tertiary/aromatic N) is 1. The number of carbonyl (C=O) groups excluding carboxylic acids is 1. The molecule has 2 heterocycles. The predicted octanol–water partition coefficient (Wildman–Crippen LogP) is 0.902. The molecule has 1 aromatic rings. The minimum atomic E-state index is -0.420. The summed E-state index contributed by atoms with van der Waals surface area (Å²) in [4.78, 5) is 15.3. The topological polar surface area (TPSA) is 65.2 Å². The van der Waals surface area contributed by atoms with Crippen molar-refractivity contribution in [1.29, 1.82) is 0 Å². The van der Waals surface area contributed by atoms with Crippen LogP contribution in [0.25, 0.3) is 0 Å². The first kappa shape index (κ1) is 10.1. The van der Waals surface area contributed by atoms with Crippen molar-refractivity contribution in [2.24, 2.45) is 5.73 Å². The maximum atomic E-state index is 11.1. The van der Waals surface area contributed by atoms with Gasteiger partial charge in [0.2, 0.25) is 0 Å². The molecule has 1 saturated heterocycles. The molecule has 0 spiro atoms. The van der Waals surface area contributed by atoms with E-state index in [2.05, 4.69) is 4.98 Å². The van der Waals surface area contributed by atoms with E-state index in [0.717, 1.165) is 25.1 Å². The fourth-order valence-electron chi connectivity index (χ4n) is 1.85. The van der Waals surface area contributed by atoms with Crippen molar-refractivity contribution in [3.05, 3.63) is 29.6 Å². The lowest BCUT2D eigenvalue weighted by Crippen LogP contribution is -2.18. The molecular formula is C11H14N2O2. The van der Waals surface area contributed by atoms with Gasteiger partial charge in [0.1, 0.15) is 0 Å². The van der Waals surface area contributed by atoms with Crippen LogP contribution in [0.3, 0.4) is 0 Å². The van der Waals surface area contributed by atoms with E-state index in [0.29, 0.717) is 12.0 Å². The van der Waals surface area contributed by atoms with Gasteiger partial charge in [0.05, 0.1) is 17.4 Å². The Morgan fingerprint density at radius 1 is 1.67 bits per heavy atom. The van der Waals surface area contributed by atoms with Crippen LogP contribution < -0.4 is 5.73 Å². The number of amides is 1. The molecule has 0 aliphatic carbocycles. The Morgan fingerprint density at radius 2 is 2.53 bits per heavy atom. The quantitative estimate of drug-likeness (QED) is 0.799. The molecule has 1 fully saturated rings. The highest BCUT2D eigenvalue weighted by Gasteiger charge is 2.19. The lowest BCUT2D eigenvalue weighted by Gasteiger charge is -2.10. The molecule has 1 aliphatic rings. The molecule has 1 atom stereocenters. The minimum Gasteiger partial charge on any atom is -0.378 e. The average molecular weight is 206 g/mol. The molecular weight excluding hydrogens is 192 g/mol. The number of pyridine rings is 1. The van der Waals surface area contributed by atoms with Gasteiger partial charge in [-0.3, -0.25) is 9.78 Å². The third kappa shape index (κ3) is 2.33. The lowest BCUT2D eigenvalue weighted by atomic mass is 10.1. The second-order valence-electron chi connectivity index (χ2n) is 3.70. The van der Waals surface area contributed by atoms with E-state index in [9.17, 15) is 4.79 Å². The molecule has 80 valence electrons. The van der Waals surface area contributed by atoms with E-state index >= 15 is 0 Å². The van der Waals surface area contributed by atoms with E-state index < -0.39 is 5.91 Å². The molecule has 4 heteroatoms. The number of hydrogen-bond donors (Lipinski definition) is 1. The Kier molecular flexibility index (Phi) is 2.97. The molecule has 2 N–H and O–H groups in total. The minimum absolute atomic E-state index is 0.193. The SMILES string of the molecule is NC(=O)c1cccnc1CC1CCCO1. The third-order valence-corrected chi connectivity index (χ3v) is 2.60. The highest BCUT2D eigenvalue weighted by atomic mass is 16.5. The van der Waals surface area contributed by atoms with Gasteiger partial charge in [0.25, 0.3) is 5.91 Å². The zero-order chi connectivity index (χ0) is 10.7. The van der Waals surface area contributed by atoms with Crippen molar-refractivity contribution >= 4 is 5.91 Å². The van der Waals surface area contributed by atoms with Crippen LogP contribution in [0.1, 0.15) is 28.9 Å².